The molecular formula is C25H25N3O5S. The lowest BCUT2D eigenvalue weighted by atomic mass is 10.0. The highest BCUT2D eigenvalue weighted by Crippen LogP contribution is 2.36. The van der Waals surface area contributed by atoms with E-state index in [1.54, 1.807) is 41.4 Å². The molecule has 9 heteroatoms. The molecule has 0 spiro atoms. The number of nitrogens with zero attached hydrogens (tertiary/aromatic N) is 2. The molecule has 176 valence electrons. The van der Waals surface area contributed by atoms with Crippen LogP contribution in [0.15, 0.2) is 59.6 Å². The molecule has 0 atom stereocenters. The predicted molar refractivity (Wildman–Crippen MR) is 128 cm³/mol. The van der Waals surface area contributed by atoms with E-state index in [1.807, 2.05) is 26.8 Å². The van der Waals surface area contributed by atoms with E-state index in [0.29, 0.717) is 35.0 Å². The number of benzene rings is 2. The maximum absolute atomic E-state index is 13.0. The third kappa shape index (κ3) is 4.79. The lowest BCUT2D eigenvalue weighted by Crippen LogP contribution is -2.30. The zero-order valence-electron chi connectivity index (χ0n) is 19.3. The smallest absolute Gasteiger partial charge is 0.256 e. The van der Waals surface area contributed by atoms with Crippen LogP contribution in [0.4, 0.5) is 5.82 Å². The number of aryl methyl sites for hydroxylation is 1. The highest BCUT2D eigenvalue weighted by Gasteiger charge is 2.33. The van der Waals surface area contributed by atoms with Crippen molar-refractivity contribution in [2.24, 2.45) is 0 Å². The minimum absolute atomic E-state index is 0.0316. The van der Waals surface area contributed by atoms with Gasteiger partial charge >= 0.3 is 0 Å². The molecule has 2 aromatic carbocycles. The number of hydrogen-bond donors (Lipinski definition) is 1. The van der Waals surface area contributed by atoms with Gasteiger partial charge < -0.3 is 15.0 Å². The Kier molecular flexibility index (Phi) is 6.14. The van der Waals surface area contributed by atoms with Crippen LogP contribution in [-0.4, -0.2) is 42.4 Å². The van der Waals surface area contributed by atoms with Gasteiger partial charge in [0.05, 0.1) is 11.4 Å². The normalized spacial score (nSPS) is 13.2. The second-order valence-corrected chi connectivity index (χ2v) is 10.6. The van der Waals surface area contributed by atoms with E-state index >= 15 is 0 Å². The van der Waals surface area contributed by atoms with Gasteiger partial charge in [-0.2, -0.15) is 0 Å². The Labute approximate surface area is 198 Å². The number of amides is 2. The molecule has 3 aromatic rings. The average molecular weight is 480 g/mol. The summed E-state index contributed by atoms with van der Waals surface area (Å²) in [6.45, 7) is 6.09. The zero-order chi connectivity index (χ0) is 24.6. The standard InChI is InChI=1S/C25H25N3O5S/c1-15(2)28-14-21-20(25(28)30)11-17(24(29)27-23-10-5-16(3)13-26-23)12-22(21)33-18-6-8-19(9-7-18)34(4,31)32/h5-13,15H,14H2,1-4H3,(H,26,27,29). The van der Waals surface area contributed by atoms with Gasteiger partial charge in [0.25, 0.3) is 11.8 Å². The maximum atomic E-state index is 13.0. The van der Waals surface area contributed by atoms with Crippen molar-refractivity contribution in [2.45, 2.75) is 38.3 Å². The van der Waals surface area contributed by atoms with Gasteiger partial charge in [0, 0.05) is 35.2 Å². The molecule has 8 nitrogen and oxygen atoms in total. The quantitative estimate of drug-likeness (QED) is 0.568. The molecule has 0 saturated carbocycles. The predicted octanol–water partition coefficient (Wildman–Crippen LogP) is 4.20. The number of pyridine rings is 1. The molecule has 0 bridgehead atoms. The molecular weight excluding hydrogens is 454 g/mol. The van der Waals surface area contributed by atoms with E-state index in [4.69, 9.17) is 4.74 Å². The first-order valence-corrected chi connectivity index (χ1v) is 12.6. The number of sulfone groups is 1. The Bertz CT molecular complexity index is 1360. The van der Waals surface area contributed by atoms with E-state index in [-0.39, 0.29) is 22.4 Å². The molecule has 1 aromatic heterocycles. The molecule has 0 radical (unpaired) electrons. The highest BCUT2D eigenvalue weighted by atomic mass is 32.2. The van der Waals surface area contributed by atoms with Crippen molar-refractivity contribution in [1.82, 2.24) is 9.88 Å². The van der Waals surface area contributed by atoms with Crippen LogP contribution >= 0.6 is 0 Å². The monoisotopic (exact) mass is 479 g/mol. The van der Waals surface area contributed by atoms with E-state index in [0.717, 1.165) is 11.8 Å². The van der Waals surface area contributed by atoms with Gasteiger partial charge in [-0.15, -0.1) is 0 Å². The summed E-state index contributed by atoms with van der Waals surface area (Å²) in [5.41, 5.74) is 2.30. The SMILES string of the molecule is Cc1ccc(NC(=O)c2cc(Oc3ccc(S(C)(=O)=O)cc3)c3c(c2)C(=O)N(C(C)C)C3)nc1. The van der Waals surface area contributed by atoms with Gasteiger partial charge in [-0.1, -0.05) is 6.07 Å². The third-order valence-electron chi connectivity index (χ3n) is 5.55. The fourth-order valence-corrected chi connectivity index (χ4v) is 4.28. The summed E-state index contributed by atoms with van der Waals surface area (Å²) in [6, 6.07) is 12.7. The number of nitrogens with one attached hydrogen (secondary N) is 1. The Morgan fingerprint density at radius 2 is 1.82 bits per heavy atom. The summed E-state index contributed by atoms with van der Waals surface area (Å²) in [6.07, 6.45) is 2.78. The van der Waals surface area contributed by atoms with E-state index in [2.05, 4.69) is 10.3 Å². The first-order valence-electron chi connectivity index (χ1n) is 10.7. The Balaban J connectivity index is 1.70. The summed E-state index contributed by atoms with van der Waals surface area (Å²) in [7, 11) is -3.34. The number of carbonyl (C=O) groups excluding carboxylic acids is 2. The second kappa shape index (κ2) is 8.90. The molecule has 2 amide bonds. The first kappa shape index (κ1) is 23.4. The summed E-state index contributed by atoms with van der Waals surface area (Å²) >= 11 is 0. The van der Waals surface area contributed by atoms with Crippen molar-refractivity contribution < 1.29 is 22.7 Å². The van der Waals surface area contributed by atoms with Crippen LogP contribution in [0.3, 0.4) is 0 Å². The van der Waals surface area contributed by atoms with Crippen molar-refractivity contribution >= 4 is 27.5 Å². The second-order valence-electron chi connectivity index (χ2n) is 8.55. The molecule has 0 fully saturated rings. The van der Waals surface area contributed by atoms with Crippen molar-refractivity contribution in [3.8, 4) is 11.5 Å². The van der Waals surface area contributed by atoms with Gasteiger partial charge in [0.15, 0.2) is 9.84 Å². The van der Waals surface area contributed by atoms with Crippen LogP contribution in [0.25, 0.3) is 0 Å². The summed E-state index contributed by atoms with van der Waals surface area (Å²) in [5.74, 6) is 0.550. The third-order valence-corrected chi connectivity index (χ3v) is 6.68. The van der Waals surface area contributed by atoms with Crippen LogP contribution in [0, 0.1) is 6.92 Å². The largest absolute Gasteiger partial charge is 0.457 e. The number of ether oxygens (including phenoxy) is 1. The van der Waals surface area contributed by atoms with Crippen molar-refractivity contribution in [1.29, 1.82) is 0 Å². The average Bonchev–Trinajstić information content (AvgIpc) is 3.12. The van der Waals surface area contributed by atoms with E-state index in [9.17, 15) is 18.0 Å². The van der Waals surface area contributed by atoms with Gasteiger partial charge in [-0.3, -0.25) is 9.59 Å². The summed E-state index contributed by atoms with van der Waals surface area (Å²) < 4.78 is 29.5. The zero-order valence-corrected chi connectivity index (χ0v) is 20.1. The minimum atomic E-state index is -3.34. The van der Waals surface area contributed by atoms with Gasteiger partial charge in [-0.25, -0.2) is 13.4 Å². The number of fused-ring (bicyclic) bond motifs is 1. The fourth-order valence-electron chi connectivity index (χ4n) is 3.65. The van der Waals surface area contributed by atoms with Crippen molar-refractivity contribution in [2.75, 3.05) is 11.6 Å². The lowest BCUT2D eigenvalue weighted by Gasteiger charge is -2.20. The first-order chi connectivity index (χ1) is 16.0. The fraction of sp³-hybridized carbons (Fsp3) is 0.240. The number of rotatable bonds is 6. The van der Waals surface area contributed by atoms with Gasteiger partial charge in [-0.05, 0) is 68.8 Å². The van der Waals surface area contributed by atoms with Gasteiger partial charge in [0.2, 0.25) is 0 Å². The molecule has 4 rings (SSSR count). The maximum Gasteiger partial charge on any atom is 0.256 e. The van der Waals surface area contributed by atoms with E-state index in [1.165, 1.54) is 12.1 Å². The highest BCUT2D eigenvalue weighted by molar-refractivity contribution is 7.90. The topological polar surface area (TPSA) is 106 Å². The van der Waals surface area contributed by atoms with Crippen LogP contribution in [0.1, 0.15) is 45.7 Å². The molecule has 0 saturated heterocycles. The van der Waals surface area contributed by atoms with Crippen molar-refractivity contribution in [3.05, 3.63) is 77.0 Å². The number of aromatic nitrogens is 1. The molecule has 0 aliphatic carbocycles. The lowest BCUT2D eigenvalue weighted by molar-refractivity contribution is 0.0730. The van der Waals surface area contributed by atoms with Gasteiger partial charge in [0.1, 0.15) is 17.3 Å². The van der Waals surface area contributed by atoms with Crippen LogP contribution in [0.2, 0.25) is 0 Å². The van der Waals surface area contributed by atoms with Crippen LogP contribution in [-0.2, 0) is 16.4 Å². The Hall–Kier alpha value is -3.72. The summed E-state index contributed by atoms with van der Waals surface area (Å²) in [4.78, 5) is 32.1. The molecule has 1 N–H and O–H groups in total. The molecule has 1 aliphatic rings. The Morgan fingerprint density at radius 3 is 2.41 bits per heavy atom. The minimum Gasteiger partial charge on any atom is -0.457 e. The number of hydrogen-bond acceptors (Lipinski definition) is 6. The molecule has 34 heavy (non-hydrogen) atoms. The molecule has 1 aliphatic heterocycles. The van der Waals surface area contributed by atoms with Crippen LogP contribution < -0.4 is 10.1 Å². The number of carbonyl (C=O) groups is 2. The van der Waals surface area contributed by atoms with Crippen molar-refractivity contribution in [3.63, 3.8) is 0 Å². The molecule has 0 unspecified atom stereocenters. The summed E-state index contributed by atoms with van der Waals surface area (Å²) in [5, 5.41) is 2.74. The van der Waals surface area contributed by atoms with E-state index < -0.39 is 15.7 Å². The number of anilines is 1. The Morgan fingerprint density at radius 1 is 1.12 bits per heavy atom. The molecule has 2 heterocycles. The van der Waals surface area contributed by atoms with Crippen LogP contribution in [0.5, 0.6) is 11.5 Å².